The number of ether oxygens (including phenoxy) is 2. The zero-order valence-corrected chi connectivity index (χ0v) is 13.1. The van der Waals surface area contributed by atoms with Crippen LogP contribution in [0.3, 0.4) is 0 Å². The predicted molar refractivity (Wildman–Crippen MR) is 89.2 cm³/mol. The summed E-state index contributed by atoms with van der Waals surface area (Å²) in [5.41, 5.74) is 8.75. The molecule has 0 aromatic heterocycles. The Bertz CT molecular complexity index is 640. The van der Waals surface area contributed by atoms with E-state index in [1.165, 1.54) is 5.56 Å². The van der Waals surface area contributed by atoms with Gasteiger partial charge in [0.25, 0.3) is 0 Å². The molecule has 21 heavy (non-hydrogen) atoms. The van der Waals surface area contributed by atoms with Crippen molar-refractivity contribution in [2.24, 2.45) is 5.73 Å². The summed E-state index contributed by atoms with van der Waals surface area (Å²) in [4.78, 5) is 0.368. The van der Waals surface area contributed by atoms with Crippen LogP contribution >= 0.6 is 12.2 Å². The fourth-order valence-electron chi connectivity index (χ4n) is 2.01. The minimum atomic E-state index is 0.368. The van der Waals surface area contributed by atoms with Crippen molar-refractivity contribution in [3.05, 3.63) is 59.2 Å². The lowest BCUT2D eigenvalue weighted by Crippen LogP contribution is -2.11. The van der Waals surface area contributed by atoms with Gasteiger partial charge in [-0.25, -0.2) is 0 Å². The molecule has 2 rings (SSSR count). The van der Waals surface area contributed by atoms with Crippen molar-refractivity contribution in [2.45, 2.75) is 13.8 Å². The standard InChI is InChI=1S/C17H19NO2S/c1-12-6-7-16(13(2)10-12)20-9-8-19-15-5-3-4-14(11-15)17(18)21/h3-7,10-11H,8-9H2,1-2H3,(H2,18,21). The predicted octanol–water partition coefficient (Wildman–Crippen LogP) is 3.40. The van der Waals surface area contributed by atoms with E-state index in [-0.39, 0.29) is 0 Å². The topological polar surface area (TPSA) is 44.5 Å². The Labute approximate surface area is 130 Å². The van der Waals surface area contributed by atoms with E-state index in [1.807, 2.05) is 43.3 Å². The lowest BCUT2D eigenvalue weighted by atomic mass is 10.1. The summed E-state index contributed by atoms with van der Waals surface area (Å²) < 4.78 is 11.4. The molecular weight excluding hydrogens is 282 g/mol. The minimum Gasteiger partial charge on any atom is -0.490 e. The Morgan fingerprint density at radius 3 is 2.52 bits per heavy atom. The third-order valence-corrected chi connectivity index (χ3v) is 3.29. The molecule has 0 aliphatic heterocycles. The summed E-state index contributed by atoms with van der Waals surface area (Å²) in [5, 5.41) is 0. The van der Waals surface area contributed by atoms with Gasteiger partial charge in [0.15, 0.2) is 0 Å². The van der Waals surface area contributed by atoms with Gasteiger partial charge in [-0.05, 0) is 37.6 Å². The summed E-state index contributed by atoms with van der Waals surface area (Å²) in [5.74, 6) is 1.63. The van der Waals surface area contributed by atoms with Gasteiger partial charge in [-0.1, -0.05) is 42.0 Å². The molecule has 4 heteroatoms. The Morgan fingerprint density at radius 2 is 1.81 bits per heavy atom. The SMILES string of the molecule is Cc1ccc(OCCOc2cccc(C(N)=S)c2)c(C)c1. The fraction of sp³-hybridized carbons (Fsp3) is 0.235. The largest absolute Gasteiger partial charge is 0.490 e. The second kappa shape index (κ2) is 7.09. The van der Waals surface area contributed by atoms with Crippen molar-refractivity contribution in [1.82, 2.24) is 0 Å². The molecular formula is C17H19NO2S. The molecule has 0 radical (unpaired) electrons. The molecule has 0 atom stereocenters. The second-order valence-corrected chi connectivity index (χ2v) is 5.30. The summed E-state index contributed by atoms with van der Waals surface area (Å²) in [6, 6.07) is 13.6. The summed E-state index contributed by atoms with van der Waals surface area (Å²) in [6.07, 6.45) is 0. The second-order valence-electron chi connectivity index (χ2n) is 4.86. The molecule has 2 aromatic rings. The van der Waals surface area contributed by atoms with E-state index >= 15 is 0 Å². The van der Waals surface area contributed by atoms with E-state index in [0.29, 0.717) is 18.2 Å². The lowest BCUT2D eigenvalue weighted by molar-refractivity contribution is 0.216. The first-order chi connectivity index (χ1) is 10.1. The van der Waals surface area contributed by atoms with Crippen LogP contribution in [0.15, 0.2) is 42.5 Å². The Balaban J connectivity index is 1.84. The maximum atomic E-state index is 5.72. The maximum Gasteiger partial charge on any atom is 0.122 e. The van der Waals surface area contributed by atoms with Crippen LogP contribution in [0.5, 0.6) is 11.5 Å². The van der Waals surface area contributed by atoms with Gasteiger partial charge in [-0.3, -0.25) is 0 Å². The van der Waals surface area contributed by atoms with Gasteiger partial charge in [0.05, 0.1) is 0 Å². The van der Waals surface area contributed by atoms with Crippen LogP contribution in [0.25, 0.3) is 0 Å². The fourth-order valence-corrected chi connectivity index (χ4v) is 2.14. The van der Waals surface area contributed by atoms with Gasteiger partial charge in [-0.15, -0.1) is 0 Å². The highest BCUT2D eigenvalue weighted by Gasteiger charge is 2.01. The zero-order chi connectivity index (χ0) is 15.2. The Hall–Kier alpha value is -2.07. The van der Waals surface area contributed by atoms with Crippen molar-refractivity contribution >= 4 is 17.2 Å². The van der Waals surface area contributed by atoms with Gasteiger partial charge in [0.1, 0.15) is 29.7 Å². The highest BCUT2D eigenvalue weighted by Crippen LogP contribution is 2.19. The van der Waals surface area contributed by atoms with Crippen LogP contribution in [0.4, 0.5) is 0 Å². The molecule has 0 unspecified atom stereocenters. The van der Waals surface area contributed by atoms with Crippen LogP contribution in [-0.2, 0) is 0 Å². The molecule has 0 saturated heterocycles. The molecule has 3 nitrogen and oxygen atoms in total. The average molecular weight is 301 g/mol. The van der Waals surface area contributed by atoms with Crippen LogP contribution in [0, 0.1) is 13.8 Å². The van der Waals surface area contributed by atoms with Crippen LogP contribution < -0.4 is 15.2 Å². The molecule has 0 saturated carbocycles. The van der Waals surface area contributed by atoms with E-state index in [1.54, 1.807) is 0 Å². The van der Waals surface area contributed by atoms with E-state index in [2.05, 4.69) is 13.0 Å². The summed E-state index contributed by atoms with van der Waals surface area (Å²) in [7, 11) is 0. The highest BCUT2D eigenvalue weighted by atomic mass is 32.1. The number of hydrogen-bond donors (Lipinski definition) is 1. The first kappa shape index (κ1) is 15.3. The van der Waals surface area contributed by atoms with Crippen molar-refractivity contribution in [3.63, 3.8) is 0 Å². The first-order valence-electron chi connectivity index (χ1n) is 6.79. The monoisotopic (exact) mass is 301 g/mol. The smallest absolute Gasteiger partial charge is 0.122 e. The molecule has 0 spiro atoms. The van der Waals surface area contributed by atoms with Gasteiger partial charge >= 0.3 is 0 Å². The normalized spacial score (nSPS) is 10.2. The quantitative estimate of drug-likeness (QED) is 0.656. The molecule has 0 aliphatic rings. The Morgan fingerprint density at radius 1 is 1.05 bits per heavy atom. The molecule has 0 bridgehead atoms. The number of nitrogens with two attached hydrogens (primary N) is 1. The van der Waals surface area contributed by atoms with E-state index in [0.717, 1.165) is 22.6 Å². The Kier molecular flexibility index (Phi) is 5.17. The van der Waals surface area contributed by atoms with Crippen molar-refractivity contribution in [3.8, 4) is 11.5 Å². The zero-order valence-electron chi connectivity index (χ0n) is 12.3. The number of hydrogen-bond acceptors (Lipinski definition) is 3. The summed E-state index contributed by atoms with van der Waals surface area (Å²) >= 11 is 4.94. The van der Waals surface area contributed by atoms with Gasteiger partial charge in [0.2, 0.25) is 0 Å². The average Bonchev–Trinajstić information content (AvgIpc) is 2.45. The number of aryl methyl sites for hydroxylation is 2. The van der Waals surface area contributed by atoms with Crippen molar-refractivity contribution < 1.29 is 9.47 Å². The number of thiocarbonyl (C=S) groups is 1. The third kappa shape index (κ3) is 4.46. The number of rotatable bonds is 6. The molecule has 0 fully saturated rings. The van der Waals surface area contributed by atoms with E-state index < -0.39 is 0 Å². The first-order valence-corrected chi connectivity index (χ1v) is 7.20. The van der Waals surface area contributed by atoms with Gasteiger partial charge in [-0.2, -0.15) is 0 Å². The molecule has 110 valence electrons. The lowest BCUT2D eigenvalue weighted by Gasteiger charge is -2.11. The molecule has 2 N–H and O–H groups in total. The van der Waals surface area contributed by atoms with Crippen LogP contribution in [-0.4, -0.2) is 18.2 Å². The number of benzene rings is 2. The van der Waals surface area contributed by atoms with Crippen molar-refractivity contribution in [1.29, 1.82) is 0 Å². The van der Waals surface area contributed by atoms with Gasteiger partial charge in [0, 0.05) is 5.56 Å². The molecule has 2 aromatic carbocycles. The third-order valence-electron chi connectivity index (χ3n) is 3.06. The van der Waals surface area contributed by atoms with E-state index in [9.17, 15) is 0 Å². The molecule has 0 heterocycles. The summed E-state index contributed by atoms with van der Waals surface area (Å²) in [6.45, 7) is 5.05. The van der Waals surface area contributed by atoms with Crippen molar-refractivity contribution in [2.75, 3.05) is 13.2 Å². The van der Waals surface area contributed by atoms with E-state index in [4.69, 9.17) is 27.4 Å². The maximum absolute atomic E-state index is 5.72. The molecule has 0 aliphatic carbocycles. The van der Waals surface area contributed by atoms with Gasteiger partial charge < -0.3 is 15.2 Å². The highest BCUT2D eigenvalue weighted by molar-refractivity contribution is 7.80. The van der Waals surface area contributed by atoms with Crippen LogP contribution in [0.2, 0.25) is 0 Å². The minimum absolute atomic E-state index is 0.368. The van der Waals surface area contributed by atoms with Crippen LogP contribution in [0.1, 0.15) is 16.7 Å². The molecule has 0 amide bonds.